The first kappa shape index (κ1) is 33.2. The summed E-state index contributed by atoms with van der Waals surface area (Å²) in [5, 5.41) is 11.7. The first-order chi connectivity index (χ1) is 21.1. The van der Waals surface area contributed by atoms with Gasteiger partial charge in [0, 0.05) is 30.5 Å². The monoisotopic (exact) mass is 671 g/mol. The van der Waals surface area contributed by atoms with E-state index in [1.807, 2.05) is 4.72 Å². The maximum absolute atomic E-state index is 13.1. The Morgan fingerprint density at radius 3 is 2.60 bits per heavy atom. The Kier molecular flexibility index (Phi) is 9.26. The number of halogens is 4. The zero-order chi connectivity index (χ0) is 32.6. The van der Waals surface area contributed by atoms with Crippen LogP contribution >= 0.6 is 11.6 Å². The molecule has 2 aliphatic rings. The number of aromatic nitrogens is 5. The first-order valence-electron chi connectivity index (χ1n) is 14.9. The van der Waals surface area contributed by atoms with Gasteiger partial charge in [-0.15, -0.1) is 5.10 Å². The van der Waals surface area contributed by atoms with Crippen molar-refractivity contribution in [2.45, 2.75) is 88.9 Å². The summed E-state index contributed by atoms with van der Waals surface area (Å²) < 4.78 is 75.8. The summed E-state index contributed by atoms with van der Waals surface area (Å²) in [6.45, 7) is 7.39. The van der Waals surface area contributed by atoms with Gasteiger partial charge in [-0.25, -0.2) is 22.8 Å². The van der Waals surface area contributed by atoms with Gasteiger partial charge in [0.2, 0.25) is 5.88 Å². The summed E-state index contributed by atoms with van der Waals surface area (Å²) in [7, 11) is -4.26. The number of nitrogens with zero attached hydrogens (tertiary/aromatic N) is 5. The molecule has 1 saturated heterocycles. The molecule has 11 nitrogen and oxygen atoms in total. The van der Waals surface area contributed by atoms with Crippen molar-refractivity contribution in [2.75, 3.05) is 13.2 Å². The van der Waals surface area contributed by atoms with Gasteiger partial charge < -0.3 is 10.1 Å². The third kappa shape index (κ3) is 7.80. The molecule has 1 saturated carbocycles. The summed E-state index contributed by atoms with van der Waals surface area (Å²) in [6.07, 6.45) is 2.74. The fourth-order valence-electron chi connectivity index (χ4n) is 5.72. The number of hydrogen-bond acceptors (Lipinski definition) is 8. The van der Waals surface area contributed by atoms with E-state index in [-0.39, 0.29) is 64.4 Å². The Hall–Kier alpha value is -3.17. The number of aryl methyl sites for hydroxylation is 2. The van der Waals surface area contributed by atoms with Crippen molar-refractivity contribution in [1.29, 1.82) is 0 Å². The molecule has 5 rings (SSSR count). The molecule has 1 aliphatic heterocycles. The van der Waals surface area contributed by atoms with Gasteiger partial charge in [-0.3, -0.25) is 9.48 Å². The van der Waals surface area contributed by atoms with E-state index in [1.54, 1.807) is 11.6 Å². The minimum Gasteiger partial charge on any atom is -0.477 e. The van der Waals surface area contributed by atoms with E-state index in [0.717, 1.165) is 32.2 Å². The highest BCUT2D eigenvalue weighted by Gasteiger charge is 2.62. The molecule has 0 spiro atoms. The normalized spacial score (nSPS) is 19.0. The van der Waals surface area contributed by atoms with Gasteiger partial charge in [0.25, 0.3) is 15.9 Å². The number of hydrogen-bond donors (Lipinski definition) is 2. The average molecular weight is 672 g/mol. The number of pyridine rings is 1. The highest BCUT2D eigenvalue weighted by Crippen LogP contribution is 2.59. The van der Waals surface area contributed by atoms with E-state index in [2.05, 4.69) is 34.3 Å². The molecule has 0 aromatic carbocycles. The Morgan fingerprint density at radius 2 is 1.96 bits per heavy atom. The Morgan fingerprint density at radius 1 is 1.20 bits per heavy atom. The van der Waals surface area contributed by atoms with Crippen LogP contribution in [-0.4, -0.2) is 63.7 Å². The van der Waals surface area contributed by atoms with E-state index >= 15 is 0 Å². The minimum atomic E-state index is -4.26. The first-order valence-corrected chi connectivity index (χ1v) is 16.7. The van der Waals surface area contributed by atoms with Gasteiger partial charge in [-0.1, -0.05) is 18.0 Å². The molecule has 2 fully saturated rings. The van der Waals surface area contributed by atoms with Crippen molar-refractivity contribution in [3.8, 4) is 11.7 Å². The van der Waals surface area contributed by atoms with Gasteiger partial charge in [-0.2, -0.15) is 18.3 Å². The molecule has 1 unspecified atom stereocenters. The lowest BCUT2D eigenvalue weighted by atomic mass is 9.93. The van der Waals surface area contributed by atoms with Crippen LogP contribution in [0.25, 0.3) is 5.82 Å². The van der Waals surface area contributed by atoms with Crippen molar-refractivity contribution in [2.24, 2.45) is 11.3 Å². The number of sulfonamides is 1. The number of amides is 1. The smallest absolute Gasteiger partial charge is 0.394 e. The molecular formula is C29H37ClF3N7O4S. The summed E-state index contributed by atoms with van der Waals surface area (Å²) >= 11 is 6.24. The number of nitrogens with one attached hydrogen (secondary N) is 2. The second kappa shape index (κ2) is 12.6. The molecule has 16 heteroatoms. The molecule has 3 aromatic heterocycles. The fraction of sp³-hybridized carbons (Fsp3) is 0.586. The van der Waals surface area contributed by atoms with Gasteiger partial charge in [-0.05, 0) is 83.9 Å². The van der Waals surface area contributed by atoms with Gasteiger partial charge in [0.1, 0.15) is 10.0 Å². The van der Waals surface area contributed by atoms with E-state index < -0.39 is 27.5 Å². The lowest BCUT2D eigenvalue weighted by Crippen LogP contribution is -2.31. The zero-order valence-electron chi connectivity index (χ0n) is 25.3. The molecule has 1 amide bonds. The Balaban J connectivity index is 1.14. The third-order valence-electron chi connectivity index (χ3n) is 8.50. The zero-order valence-corrected chi connectivity index (χ0v) is 26.9. The quantitative estimate of drug-likeness (QED) is 0.187. The molecule has 246 valence electrons. The van der Waals surface area contributed by atoms with Gasteiger partial charge in [0.05, 0.1) is 23.3 Å². The molecular weight excluding hydrogens is 635 g/mol. The molecule has 0 radical (unpaired) electrons. The van der Waals surface area contributed by atoms with Crippen molar-refractivity contribution in [3.05, 3.63) is 47.0 Å². The van der Waals surface area contributed by atoms with E-state index in [4.69, 9.17) is 16.3 Å². The van der Waals surface area contributed by atoms with E-state index in [1.165, 1.54) is 35.3 Å². The standard InChI is InChI=1S/C29H37ClF3N7O4S/c1-19-22(18-39(36-19)13-5-4-6-20-16-27(2,3)34-17-20)45(42,43)38-26(41)21-7-8-23(35-25(21)30)40-14-9-24(37-40)44-15-12-28(10-11-28)29(31,32)33/h7-9,14,18,20,34H,4-6,10-13,15-17H2,1-3H3,(H,38,41). The Labute approximate surface area is 264 Å². The Bertz CT molecular complexity index is 1650. The number of rotatable bonds is 13. The second-order valence-corrected chi connectivity index (χ2v) is 14.6. The molecule has 45 heavy (non-hydrogen) atoms. The van der Waals surface area contributed by atoms with Crippen LogP contribution in [0.15, 0.2) is 35.5 Å². The van der Waals surface area contributed by atoms with Crippen LogP contribution in [0, 0.1) is 18.3 Å². The predicted octanol–water partition coefficient (Wildman–Crippen LogP) is 5.21. The SMILES string of the molecule is Cc1nn(CCCCC2CNC(C)(C)C2)cc1S(=O)(=O)NC(=O)c1ccc(-n2ccc(OCCC3(C(F)(F)F)CC3)n2)nc1Cl. The highest BCUT2D eigenvalue weighted by atomic mass is 35.5. The maximum atomic E-state index is 13.1. The number of carbonyl (C=O) groups is 1. The molecule has 0 bridgehead atoms. The summed E-state index contributed by atoms with van der Waals surface area (Å²) in [4.78, 5) is 16.9. The minimum absolute atomic E-state index is 0.0960. The van der Waals surface area contributed by atoms with Crippen molar-refractivity contribution in [3.63, 3.8) is 0 Å². The molecule has 1 atom stereocenters. The molecule has 4 heterocycles. The average Bonchev–Trinajstić information content (AvgIpc) is 3.25. The van der Waals surface area contributed by atoms with Gasteiger partial charge in [0.15, 0.2) is 5.82 Å². The lowest BCUT2D eigenvalue weighted by Gasteiger charge is -2.18. The van der Waals surface area contributed by atoms with Crippen LogP contribution in [-0.2, 0) is 16.6 Å². The van der Waals surface area contributed by atoms with Crippen LogP contribution in [0.5, 0.6) is 5.88 Å². The molecule has 1 aliphatic carbocycles. The van der Waals surface area contributed by atoms with Crippen LogP contribution in [0.2, 0.25) is 5.15 Å². The van der Waals surface area contributed by atoms with Crippen molar-refractivity contribution in [1.82, 2.24) is 34.6 Å². The van der Waals surface area contributed by atoms with Crippen LogP contribution < -0.4 is 14.8 Å². The van der Waals surface area contributed by atoms with Gasteiger partial charge >= 0.3 is 6.18 Å². The third-order valence-corrected chi connectivity index (χ3v) is 10.2. The summed E-state index contributed by atoms with van der Waals surface area (Å²) in [5.74, 6) is -0.0491. The highest BCUT2D eigenvalue weighted by molar-refractivity contribution is 7.90. The summed E-state index contributed by atoms with van der Waals surface area (Å²) in [6, 6.07) is 4.17. The number of ether oxygens (including phenoxy) is 1. The summed E-state index contributed by atoms with van der Waals surface area (Å²) in [5.41, 5.74) is -1.41. The largest absolute Gasteiger partial charge is 0.477 e. The number of alkyl halides is 3. The van der Waals surface area contributed by atoms with Crippen molar-refractivity contribution >= 4 is 27.5 Å². The maximum Gasteiger partial charge on any atom is 0.394 e. The van der Waals surface area contributed by atoms with E-state index in [9.17, 15) is 26.4 Å². The van der Waals surface area contributed by atoms with Crippen molar-refractivity contribution < 1.29 is 31.1 Å². The predicted molar refractivity (Wildman–Crippen MR) is 160 cm³/mol. The second-order valence-electron chi connectivity index (χ2n) is 12.6. The molecule has 3 aromatic rings. The van der Waals surface area contributed by atoms with Crippen LogP contribution in [0.1, 0.15) is 74.8 Å². The van der Waals surface area contributed by atoms with Crippen LogP contribution in [0.3, 0.4) is 0 Å². The van der Waals surface area contributed by atoms with E-state index in [0.29, 0.717) is 12.5 Å². The number of unbranched alkanes of at least 4 members (excludes halogenated alkanes) is 1. The number of carbonyl (C=O) groups excluding carboxylic acids is 1. The fourth-order valence-corrected chi connectivity index (χ4v) is 7.11. The lowest BCUT2D eigenvalue weighted by molar-refractivity contribution is -0.190. The van der Waals surface area contributed by atoms with Crippen LogP contribution in [0.4, 0.5) is 13.2 Å². The molecule has 2 N–H and O–H groups in total. The topological polar surface area (TPSA) is 133 Å².